The topological polar surface area (TPSA) is 84.4 Å². The van der Waals surface area contributed by atoms with Crippen LogP contribution in [0, 0.1) is 0 Å². The normalized spacial score (nSPS) is 15.8. The van der Waals surface area contributed by atoms with Crippen molar-refractivity contribution < 1.29 is 14.3 Å². The van der Waals surface area contributed by atoms with Crippen LogP contribution in [0.15, 0.2) is 48.5 Å². The van der Waals surface area contributed by atoms with Gasteiger partial charge in [-0.2, -0.15) is 0 Å². The largest absolute Gasteiger partial charge is 0.497 e. The zero-order valence-electron chi connectivity index (χ0n) is 16.2. The molecule has 1 N–H and O–H groups in total. The van der Waals surface area contributed by atoms with Crippen molar-refractivity contribution in [1.29, 1.82) is 0 Å². The molecule has 9 heteroatoms. The number of methoxy groups -OCH3 is 1. The zero-order valence-corrected chi connectivity index (χ0v) is 17.7. The number of nitrogens with one attached hydrogen (secondary N) is 1. The fourth-order valence-electron chi connectivity index (χ4n) is 3.38. The van der Waals surface area contributed by atoms with E-state index >= 15 is 0 Å². The first-order chi connectivity index (χ1) is 14.5. The van der Waals surface area contributed by atoms with Crippen LogP contribution in [0.1, 0.15) is 23.2 Å². The first-order valence-corrected chi connectivity index (χ1v) is 10.6. The summed E-state index contributed by atoms with van der Waals surface area (Å²) in [6, 6.07) is 13.6. The average molecular weight is 443 g/mol. The van der Waals surface area contributed by atoms with E-state index in [1.54, 1.807) is 48.4 Å². The molecule has 4 rings (SSSR count). The summed E-state index contributed by atoms with van der Waals surface area (Å²) < 4.78 is 5.20. The van der Waals surface area contributed by atoms with Gasteiger partial charge < -0.3 is 9.64 Å². The number of nitrogens with zero attached hydrogens (tertiary/aromatic N) is 3. The Hall–Kier alpha value is -2.97. The Balaban J connectivity index is 1.46. The van der Waals surface area contributed by atoms with E-state index in [1.807, 2.05) is 12.1 Å². The van der Waals surface area contributed by atoms with E-state index in [0.29, 0.717) is 39.4 Å². The van der Waals surface area contributed by atoms with Gasteiger partial charge in [-0.25, -0.2) is 0 Å². The zero-order chi connectivity index (χ0) is 21.1. The quantitative estimate of drug-likeness (QED) is 0.642. The SMILES string of the molecule is COc1cccc(C(=O)N2CCCC2C(=O)Nc2nnc(-c3ccc(Cl)cc3)s2)c1. The monoisotopic (exact) mass is 442 g/mol. The van der Waals surface area contributed by atoms with E-state index in [1.165, 1.54) is 11.3 Å². The minimum atomic E-state index is -0.549. The van der Waals surface area contributed by atoms with Crippen molar-refractivity contribution in [3.8, 4) is 16.3 Å². The second-order valence-electron chi connectivity index (χ2n) is 6.80. The van der Waals surface area contributed by atoms with Crippen molar-refractivity contribution in [2.45, 2.75) is 18.9 Å². The fourth-order valence-corrected chi connectivity index (χ4v) is 4.25. The van der Waals surface area contributed by atoms with Crippen LogP contribution in [0.5, 0.6) is 5.75 Å². The molecule has 2 heterocycles. The van der Waals surface area contributed by atoms with Crippen molar-refractivity contribution in [3.63, 3.8) is 0 Å². The third kappa shape index (κ3) is 4.29. The fraction of sp³-hybridized carbons (Fsp3) is 0.238. The predicted molar refractivity (Wildman–Crippen MR) is 116 cm³/mol. The van der Waals surface area contributed by atoms with Crippen molar-refractivity contribution >= 4 is 39.9 Å². The molecule has 30 heavy (non-hydrogen) atoms. The van der Waals surface area contributed by atoms with Gasteiger partial charge in [0.05, 0.1) is 7.11 Å². The van der Waals surface area contributed by atoms with E-state index in [4.69, 9.17) is 16.3 Å². The van der Waals surface area contributed by atoms with Crippen molar-refractivity contribution in [3.05, 3.63) is 59.1 Å². The Bertz CT molecular complexity index is 1070. The maximum absolute atomic E-state index is 13.0. The predicted octanol–water partition coefficient (Wildman–Crippen LogP) is 4.11. The standard InChI is InChI=1S/C21H19ClN4O3S/c1-29-16-5-2-4-14(12-16)20(28)26-11-3-6-17(26)18(27)23-21-25-24-19(30-21)13-7-9-15(22)10-8-13/h2,4-5,7-10,12,17H,3,6,11H2,1H3,(H,23,25,27). The molecular formula is C21H19ClN4O3S. The molecular weight excluding hydrogens is 424 g/mol. The number of halogens is 1. The Morgan fingerprint density at radius 3 is 2.77 bits per heavy atom. The van der Waals surface area contributed by atoms with Gasteiger partial charge in [0.1, 0.15) is 16.8 Å². The van der Waals surface area contributed by atoms with Gasteiger partial charge in [-0.3, -0.25) is 14.9 Å². The number of carbonyl (C=O) groups excluding carboxylic acids is 2. The molecule has 3 aromatic rings. The summed E-state index contributed by atoms with van der Waals surface area (Å²) in [4.78, 5) is 27.4. The number of hydrogen-bond donors (Lipinski definition) is 1. The highest BCUT2D eigenvalue weighted by Crippen LogP contribution is 2.28. The molecule has 1 atom stereocenters. The summed E-state index contributed by atoms with van der Waals surface area (Å²) in [6.07, 6.45) is 1.37. The molecule has 0 bridgehead atoms. The van der Waals surface area contributed by atoms with Crippen molar-refractivity contribution in [1.82, 2.24) is 15.1 Å². The van der Waals surface area contributed by atoms with E-state index in [-0.39, 0.29) is 11.8 Å². The molecule has 1 aliphatic rings. The minimum absolute atomic E-state index is 0.189. The van der Waals surface area contributed by atoms with Gasteiger partial charge in [0.25, 0.3) is 5.91 Å². The summed E-state index contributed by atoms with van der Waals surface area (Å²) >= 11 is 7.19. The third-order valence-electron chi connectivity index (χ3n) is 4.88. The van der Waals surface area contributed by atoms with Gasteiger partial charge >= 0.3 is 0 Å². The maximum atomic E-state index is 13.0. The highest BCUT2D eigenvalue weighted by Gasteiger charge is 2.35. The van der Waals surface area contributed by atoms with Gasteiger partial charge in [-0.1, -0.05) is 41.1 Å². The van der Waals surface area contributed by atoms with Crippen LogP contribution >= 0.6 is 22.9 Å². The lowest BCUT2D eigenvalue weighted by atomic mass is 10.1. The van der Waals surface area contributed by atoms with Crippen LogP contribution in [-0.2, 0) is 4.79 Å². The van der Waals surface area contributed by atoms with Crippen LogP contribution in [0.3, 0.4) is 0 Å². The number of amides is 2. The number of rotatable bonds is 5. The lowest BCUT2D eigenvalue weighted by Gasteiger charge is -2.23. The molecule has 1 unspecified atom stereocenters. The first-order valence-electron chi connectivity index (χ1n) is 9.40. The number of anilines is 1. The molecule has 154 valence electrons. The summed E-state index contributed by atoms with van der Waals surface area (Å²) in [5, 5.41) is 12.7. The van der Waals surface area contributed by atoms with Gasteiger partial charge in [-0.05, 0) is 43.2 Å². The van der Waals surface area contributed by atoms with Crippen molar-refractivity contribution in [2.75, 3.05) is 19.0 Å². The van der Waals surface area contributed by atoms with Gasteiger partial charge in [0, 0.05) is 22.7 Å². The van der Waals surface area contributed by atoms with Crippen LogP contribution in [0.2, 0.25) is 5.02 Å². The van der Waals surface area contributed by atoms with E-state index in [9.17, 15) is 9.59 Å². The van der Waals surface area contributed by atoms with Gasteiger partial charge in [0.2, 0.25) is 11.0 Å². The molecule has 0 saturated carbocycles. The molecule has 2 amide bonds. The number of likely N-dealkylation sites (tertiary alicyclic amines) is 1. The third-order valence-corrected chi connectivity index (χ3v) is 6.02. The Kier molecular flexibility index (Phi) is 5.96. The van der Waals surface area contributed by atoms with Crippen LogP contribution in [0.25, 0.3) is 10.6 Å². The molecule has 7 nitrogen and oxygen atoms in total. The molecule has 1 saturated heterocycles. The summed E-state index contributed by atoms with van der Waals surface area (Å²) in [5.41, 5.74) is 1.36. The maximum Gasteiger partial charge on any atom is 0.254 e. The second-order valence-corrected chi connectivity index (χ2v) is 8.21. The lowest BCUT2D eigenvalue weighted by molar-refractivity contribution is -0.119. The second kappa shape index (κ2) is 8.81. The summed E-state index contributed by atoms with van der Waals surface area (Å²) in [6.45, 7) is 0.528. The van der Waals surface area contributed by atoms with Gasteiger partial charge in [0.15, 0.2) is 0 Å². The molecule has 1 fully saturated rings. The highest BCUT2D eigenvalue weighted by atomic mass is 35.5. The summed E-state index contributed by atoms with van der Waals surface area (Å²) in [5.74, 6) is 0.151. The smallest absolute Gasteiger partial charge is 0.254 e. The molecule has 1 aromatic heterocycles. The van der Waals surface area contributed by atoms with Crippen LogP contribution in [-0.4, -0.2) is 46.6 Å². The molecule has 0 spiro atoms. The Labute approximate surface area is 182 Å². The molecule has 1 aliphatic heterocycles. The number of carbonyl (C=O) groups is 2. The Morgan fingerprint density at radius 1 is 1.20 bits per heavy atom. The number of ether oxygens (including phenoxy) is 1. The number of hydrogen-bond acceptors (Lipinski definition) is 6. The molecule has 0 aliphatic carbocycles. The highest BCUT2D eigenvalue weighted by molar-refractivity contribution is 7.18. The Morgan fingerprint density at radius 2 is 2.00 bits per heavy atom. The van der Waals surface area contributed by atoms with Crippen LogP contribution < -0.4 is 10.1 Å². The lowest BCUT2D eigenvalue weighted by Crippen LogP contribution is -2.43. The average Bonchev–Trinajstić information content (AvgIpc) is 3.43. The van der Waals surface area contributed by atoms with E-state index in [0.717, 1.165) is 12.0 Å². The number of benzene rings is 2. The van der Waals surface area contributed by atoms with Crippen LogP contribution in [0.4, 0.5) is 5.13 Å². The van der Waals surface area contributed by atoms with Gasteiger partial charge in [-0.15, -0.1) is 10.2 Å². The first kappa shape index (κ1) is 20.3. The minimum Gasteiger partial charge on any atom is -0.497 e. The molecule has 0 radical (unpaired) electrons. The van der Waals surface area contributed by atoms with Crippen molar-refractivity contribution in [2.24, 2.45) is 0 Å². The summed E-state index contributed by atoms with van der Waals surface area (Å²) in [7, 11) is 1.55. The van der Waals surface area contributed by atoms with E-state index < -0.39 is 6.04 Å². The number of aromatic nitrogens is 2. The molecule has 2 aromatic carbocycles. The van der Waals surface area contributed by atoms with E-state index in [2.05, 4.69) is 15.5 Å².